The lowest BCUT2D eigenvalue weighted by molar-refractivity contribution is -0.143. The van der Waals surface area contributed by atoms with E-state index in [9.17, 15) is 23.1 Å². The maximum atomic E-state index is 13.4. The van der Waals surface area contributed by atoms with E-state index in [1.165, 1.54) is 25.1 Å². The van der Waals surface area contributed by atoms with Crippen LogP contribution in [0.2, 0.25) is 10.0 Å². The number of sulfonamides is 1. The number of amides is 1. The molecule has 2 atom stereocenters. The first kappa shape index (κ1) is 27.1. The van der Waals surface area contributed by atoms with Crippen molar-refractivity contribution < 1.29 is 23.1 Å². The Kier molecular flexibility index (Phi) is 7.94. The molecule has 4 rings (SSSR count). The molecule has 0 spiro atoms. The summed E-state index contributed by atoms with van der Waals surface area (Å²) in [6.45, 7) is 2.15. The van der Waals surface area contributed by atoms with Gasteiger partial charge in [0.2, 0.25) is 15.9 Å². The molecule has 1 fully saturated rings. The third kappa shape index (κ3) is 5.98. The SMILES string of the molecule is C[C@@]1(C(=O)NC(Cc2cn(Cc3ccccc3)cn2)C(=O)O)CCCN1S(=O)(=O)c1cc(Cl)cc(Cl)c1. The first-order chi connectivity index (χ1) is 17.5. The van der Waals surface area contributed by atoms with E-state index in [1.807, 2.05) is 34.9 Å². The van der Waals surface area contributed by atoms with Gasteiger partial charge in [0.25, 0.3) is 0 Å². The summed E-state index contributed by atoms with van der Waals surface area (Å²) in [6, 6.07) is 12.4. The lowest BCUT2D eigenvalue weighted by atomic mass is 9.98. The second kappa shape index (κ2) is 10.8. The van der Waals surface area contributed by atoms with Crippen molar-refractivity contribution in [2.75, 3.05) is 6.54 Å². The molecule has 1 aliphatic rings. The number of carboxylic acids is 1. The molecule has 1 amide bonds. The zero-order valence-electron chi connectivity index (χ0n) is 20.0. The molecule has 1 unspecified atom stereocenters. The number of carbonyl (C=O) groups excluding carboxylic acids is 1. The Labute approximate surface area is 225 Å². The maximum Gasteiger partial charge on any atom is 0.326 e. The highest BCUT2D eigenvalue weighted by Gasteiger charge is 2.50. The molecule has 0 saturated carbocycles. The van der Waals surface area contributed by atoms with E-state index in [4.69, 9.17) is 23.2 Å². The molecule has 0 aliphatic carbocycles. The van der Waals surface area contributed by atoms with E-state index in [1.54, 1.807) is 12.5 Å². The van der Waals surface area contributed by atoms with Crippen molar-refractivity contribution in [3.8, 4) is 0 Å². The molecule has 196 valence electrons. The molecule has 2 aromatic carbocycles. The predicted molar refractivity (Wildman–Crippen MR) is 139 cm³/mol. The van der Waals surface area contributed by atoms with Crippen LogP contribution in [0.1, 0.15) is 31.0 Å². The van der Waals surface area contributed by atoms with Gasteiger partial charge in [-0.2, -0.15) is 4.31 Å². The van der Waals surface area contributed by atoms with E-state index >= 15 is 0 Å². The van der Waals surface area contributed by atoms with Gasteiger partial charge in [0, 0.05) is 35.8 Å². The lowest BCUT2D eigenvalue weighted by Crippen LogP contribution is -2.58. The minimum atomic E-state index is -4.14. The van der Waals surface area contributed by atoms with Crippen LogP contribution in [0.3, 0.4) is 0 Å². The van der Waals surface area contributed by atoms with Crippen molar-refractivity contribution in [2.24, 2.45) is 0 Å². The second-order valence-electron chi connectivity index (χ2n) is 9.15. The van der Waals surface area contributed by atoms with Gasteiger partial charge in [-0.15, -0.1) is 0 Å². The van der Waals surface area contributed by atoms with Crippen molar-refractivity contribution in [1.82, 2.24) is 19.2 Å². The first-order valence-electron chi connectivity index (χ1n) is 11.6. The van der Waals surface area contributed by atoms with Crippen molar-refractivity contribution in [3.05, 3.63) is 82.4 Å². The molecule has 1 saturated heterocycles. The Hall–Kier alpha value is -2.92. The molecule has 0 bridgehead atoms. The number of hydrogen-bond donors (Lipinski definition) is 2. The second-order valence-corrected chi connectivity index (χ2v) is 11.9. The lowest BCUT2D eigenvalue weighted by Gasteiger charge is -2.34. The summed E-state index contributed by atoms with van der Waals surface area (Å²) in [7, 11) is -4.14. The van der Waals surface area contributed by atoms with Crippen LogP contribution in [-0.4, -0.2) is 57.4 Å². The molecule has 0 radical (unpaired) electrons. The number of imidazole rings is 1. The summed E-state index contributed by atoms with van der Waals surface area (Å²) in [5, 5.41) is 12.6. The smallest absolute Gasteiger partial charge is 0.326 e. The molecular formula is C25H26Cl2N4O5S. The fraction of sp³-hybridized carbons (Fsp3) is 0.320. The Morgan fingerprint density at radius 2 is 1.84 bits per heavy atom. The number of halogens is 2. The fourth-order valence-electron chi connectivity index (χ4n) is 4.47. The third-order valence-corrected chi connectivity index (χ3v) is 8.83. The summed E-state index contributed by atoms with van der Waals surface area (Å²) >= 11 is 12.0. The molecule has 12 heteroatoms. The van der Waals surface area contributed by atoms with Gasteiger partial charge in [-0.1, -0.05) is 53.5 Å². The highest BCUT2D eigenvalue weighted by molar-refractivity contribution is 7.89. The van der Waals surface area contributed by atoms with Gasteiger partial charge in [-0.25, -0.2) is 18.2 Å². The van der Waals surface area contributed by atoms with Gasteiger partial charge < -0.3 is 15.0 Å². The number of nitrogens with one attached hydrogen (secondary N) is 1. The zero-order chi connectivity index (χ0) is 26.8. The Morgan fingerprint density at radius 3 is 2.49 bits per heavy atom. The number of aliphatic carboxylic acids is 1. The standard InChI is InChI=1S/C25H26Cl2N4O5S/c1-25(8-5-9-31(25)37(35,36)21-11-18(26)10-19(27)12-21)24(34)29-22(23(32)33)13-20-15-30(16-28-20)14-17-6-3-2-4-7-17/h2-4,6-7,10-12,15-16,22H,5,8-9,13-14H2,1H3,(H,29,34)(H,32,33)/t22?,25-/m0/s1. The van der Waals surface area contributed by atoms with Gasteiger partial charge in [0.05, 0.1) is 16.9 Å². The number of rotatable bonds is 9. The molecule has 1 aliphatic heterocycles. The predicted octanol–water partition coefficient (Wildman–Crippen LogP) is 3.59. The van der Waals surface area contributed by atoms with Crippen LogP contribution in [-0.2, 0) is 32.6 Å². The summed E-state index contributed by atoms with van der Waals surface area (Å²) in [6.07, 6.45) is 3.93. The summed E-state index contributed by atoms with van der Waals surface area (Å²) in [5.74, 6) is -1.94. The Balaban J connectivity index is 1.50. The van der Waals surface area contributed by atoms with Crippen molar-refractivity contribution in [3.63, 3.8) is 0 Å². The number of aromatic nitrogens is 2. The van der Waals surface area contributed by atoms with Crippen molar-refractivity contribution >= 4 is 45.1 Å². The Bertz CT molecular complexity index is 1390. The van der Waals surface area contributed by atoms with Crippen molar-refractivity contribution in [1.29, 1.82) is 0 Å². The molecule has 37 heavy (non-hydrogen) atoms. The Morgan fingerprint density at radius 1 is 1.16 bits per heavy atom. The minimum Gasteiger partial charge on any atom is -0.480 e. The number of carboxylic acid groups (broad SMARTS) is 1. The fourth-order valence-corrected chi connectivity index (χ4v) is 7.01. The maximum absolute atomic E-state index is 13.4. The van der Waals surface area contributed by atoms with E-state index < -0.39 is 33.5 Å². The van der Waals surface area contributed by atoms with E-state index in [-0.39, 0.29) is 34.3 Å². The zero-order valence-corrected chi connectivity index (χ0v) is 22.3. The summed E-state index contributed by atoms with van der Waals surface area (Å²) in [5.41, 5.74) is 0.0535. The van der Waals surface area contributed by atoms with Gasteiger partial charge in [-0.05, 0) is 43.5 Å². The molecular weight excluding hydrogens is 539 g/mol. The largest absolute Gasteiger partial charge is 0.480 e. The van der Waals surface area contributed by atoms with E-state index in [0.717, 1.165) is 9.87 Å². The number of carbonyl (C=O) groups is 2. The summed E-state index contributed by atoms with van der Waals surface area (Å²) < 4.78 is 29.8. The van der Waals surface area contributed by atoms with Crippen LogP contribution in [0.15, 0.2) is 66.0 Å². The van der Waals surface area contributed by atoms with Gasteiger partial charge in [-0.3, -0.25) is 4.79 Å². The van der Waals surface area contributed by atoms with Crippen LogP contribution < -0.4 is 5.32 Å². The number of hydrogen-bond acceptors (Lipinski definition) is 5. The van der Waals surface area contributed by atoms with Crippen LogP contribution in [0.4, 0.5) is 0 Å². The monoisotopic (exact) mass is 564 g/mol. The third-order valence-electron chi connectivity index (χ3n) is 6.40. The van der Waals surface area contributed by atoms with Gasteiger partial charge in [0.15, 0.2) is 0 Å². The molecule has 2 heterocycles. The summed E-state index contributed by atoms with van der Waals surface area (Å²) in [4.78, 5) is 29.6. The normalized spacial score (nSPS) is 19.0. The average Bonchev–Trinajstić information content (AvgIpc) is 3.45. The number of benzene rings is 2. The van der Waals surface area contributed by atoms with Crippen molar-refractivity contribution in [2.45, 2.75) is 49.2 Å². The highest BCUT2D eigenvalue weighted by Crippen LogP contribution is 2.36. The van der Waals surface area contributed by atoms with Gasteiger partial charge >= 0.3 is 5.97 Å². The quantitative estimate of drug-likeness (QED) is 0.409. The number of nitrogens with zero attached hydrogens (tertiary/aromatic N) is 3. The van der Waals surface area contributed by atoms with E-state index in [2.05, 4.69) is 10.3 Å². The van der Waals surface area contributed by atoms with Crippen LogP contribution >= 0.6 is 23.2 Å². The van der Waals surface area contributed by atoms with Crippen LogP contribution in [0.25, 0.3) is 0 Å². The first-order valence-corrected chi connectivity index (χ1v) is 13.8. The van der Waals surface area contributed by atoms with Crippen LogP contribution in [0.5, 0.6) is 0 Å². The molecule has 9 nitrogen and oxygen atoms in total. The topological polar surface area (TPSA) is 122 Å². The van der Waals surface area contributed by atoms with E-state index in [0.29, 0.717) is 18.7 Å². The molecule has 2 N–H and O–H groups in total. The molecule has 3 aromatic rings. The van der Waals surface area contributed by atoms with Crippen LogP contribution in [0, 0.1) is 0 Å². The van der Waals surface area contributed by atoms with Gasteiger partial charge in [0.1, 0.15) is 11.6 Å². The molecule has 1 aromatic heterocycles. The average molecular weight is 565 g/mol. The highest BCUT2D eigenvalue weighted by atomic mass is 35.5. The minimum absolute atomic E-state index is 0.0599.